The van der Waals surface area contributed by atoms with Gasteiger partial charge in [-0.2, -0.15) is 5.26 Å². The van der Waals surface area contributed by atoms with Crippen LogP contribution in [0, 0.1) is 28.1 Å². The highest BCUT2D eigenvalue weighted by Crippen LogP contribution is 2.55. The number of hydrogen-bond acceptors (Lipinski definition) is 10. The lowest BCUT2D eigenvalue weighted by atomic mass is 9.49. The predicted molar refractivity (Wildman–Crippen MR) is 229 cm³/mol. The van der Waals surface area contributed by atoms with Crippen LogP contribution >= 0.6 is 11.6 Å². The summed E-state index contributed by atoms with van der Waals surface area (Å²) >= 11 is 6.25. The maximum absolute atomic E-state index is 13.4. The van der Waals surface area contributed by atoms with Gasteiger partial charge in [0.2, 0.25) is 11.8 Å². The molecule has 14 heteroatoms. The third kappa shape index (κ3) is 7.58. The van der Waals surface area contributed by atoms with Gasteiger partial charge >= 0.3 is 0 Å². The quantitative estimate of drug-likeness (QED) is 0.156. The number of anilines is 1. The van der Waals surface area contributed by atoms with E-state index in [0.717, 1.165) is 74.4 Å². The number of carbonyl (C=O) groups is 4. The summed E-state index contributed by atoms with van der Waals surface area (Å²) in [5, 5.41) is 16.1. The number of benzene rings is 3. The van der Waals surface area contributed by atoms with Crippen LogP contribution in [0.4, 0.5) is 5.69 Å². The van der Waals surface area contributed by atoms with Gasteiger partial charge in [0.25, 0.3) is 11.8 Å². The van der Waals surface area contributed by atoms with Crippen molar-refractivity contribution in [3.63, 3.8) is 0 Å². The molecule has 3 saturated heterocycles. The third-order valence-corrected chi connectivity index (χ3v) is 14.1. The molecular weight excluding hydrogens is 796 g/mol. The van der Waals surface area contributed by atoms with Gasteiger partial charge in [-0.15, -0.1) is 0 Å². The van der Waals surface area contributed by atoms with Crippen LogP contribution in [0.2, 0.25) is 5.02 Å². The Bertz CT molecular complexity index is 2430. The second-order valence-corrected chi connectivity index (χ2v) is 18.9. The van der Waals surface area contributed by atoms with E-state index in [2.05, 4.69) is 60.3 Å². The minimum atomic E-state index is -0.660. The van der Waals surface area contributed by atoms with E-state index in [9.17, 15) is 24.4 Å². The number of imide groups is 1. The molecule has 2 N–H and O–H groups in total. The zero-order valence-corrected chi connectivity index (χ0v) is 35.7. The molecule has 1 unspecified atom stereocenters. The average molecular weight is 847 g/mol. The Morgan fingerprint density at radius 2 is 1.67 bits per heavy atom. The Balaban J connectivity index is 0.695. The molecule has 3 aromatic carbocycles. The molecule has 0 radical (unpaired) electrons. The number of nitrogens with one attached hydrogen (secondary N) is 2. The summed E-state index contributed by atoms with van der Waals surface area (Å²) in [5.74, 6) is 1.13. The monoisotopic (exact) mass is 846 g/mol. The van der Waals surface area contributed by atoms with Gasteiger partial charge < -0.3 is 29.0 Å². The van der Waals surface area contributed by atoms with Crippen LogP contribution in [0.15, 0.2) is 65.1 Å². The van der Waals surface area contributed by atoms with Gasteiger partial charge in [-0.25, -0.2) is 0 Å². The molecule has 1 saturated carbocycles. The largest absolute Gasteiger partial charge is 0.489 e. The summed E-state index contributed by atoms with van der Waals surface area (Å²) in [5.41, 5.74) is 2.84. The number of hydrogen-bond donors (Lipinski definition) is 2. The fraction of sp³-hybridized carbons (Fsp3) is 0.468. The van der Waals surface area contributed by atoms with Gasteiger partial charge in [-0.3, -0.25) is 29.4 Å². The topological polar surface area (TPSA) is 157 Å². The molecule has 318 valence electrons. The number of rotatable bonds is 11. The van der Waals surface area contributed by atoms with Crippen LogP contribution in [-0.4, -0.2) is 90.4 Å². The van der Waals surface area contributed by atoms with Crippen LogP contribution in [0.3, 0.4) is 0 Å². The highest BCUT2D eigenvalue weighted by molar-refractivity contribution is 6.31. The molecule has 4 aromatic rings. The standard InChI is InChI=1S/C47H51ClN6O7/c1-46(2)44(47(3,4)45(46)60-32-11-7-29(23-49)36(48)22-32)51-41(56)28-5-9-31(10-6-28)59-33-24-52(25-33)18-15-27-16-19-53(20-17-27)30-8-12-34-35-26-54(37-13-14-39(55)50-42(37)57)43(58)40(35)61-38(34)21-30/h5-12,21-22,27,33,37,44-45H,13-20,24-26H2,1-4H3,(H,51,56)(H,50,55,57). The number of nitriles is 1. The average Bonchev–Trinajstić information content (AvgIpc) is 3.75. The van der Waals surface area contributed by atoms with Crippen LogP contribution in [0.1, 0.15) is 91.8 Å². The maximum Gasteiger partial charge on any atom is 0.290 e. The van der Waals surface area contributed by atoms with Crippen LogP contribution < -0.4 is 25.0 Å². The van der Waals surface area contributed by atoms with E-state index < -0.39 is 11.9 Å². The first kappa shape index (κ1) is 40.8. The lowest BCUT2D eigenvalue weighted by Gasteiger charge is -2.63. The number of fused-ring (bicyclic) bond motifs is 3. The Hall–Kier alpha value is -5.58. The highest BCUT2D eigenvalue weighted by atomic mass is 35.5. The fourth-order valence-electron chi connectivity index (χ4n) is 10.6. The summed E-state index contributed by atoms with van der Waals surface area (Å²) in [6.07, 6.45) is 3.84. The third-order valence-electron chi connectivity index (χ3n) is 13.8. The molecule has 4 fully saturated rings. The number of carbonyl (C=O) groups excluding carboxylic acids is 4. The molecule has 4 aliphatic heterocycles. The fourth-order valence-corrected chi connectivity index (χ4v) is 10.8. The van der Waals surface area contributed by atoms with E-state index >= 15 is 0 Å². The lowest BCUT2D eigenvalue weighted by molar-refractivity contribution is -0.164. The summed E-state index contributed by atoms with van der Waals surface area (Å²) in [4.78, 5) is 57.0. The van der Waals surface area contributed by atoms with Crippen molar-refractivity contribution in [3.05, 3.63) is 88.1 Å². The predicted octanol–water partition coefficient (Wildman–Crippen LogP) is 6.70. The summed E-state index contributed by atoms with van der Waals surface area (Å²) in [6, 6.07) is 19.9. The number of nitrogens with zero attached hydrogens (tertiary/aromatic N) is 4. The Morgan fingerprint density at radius 1 is 0.951 bits per heavy atom. The van der Waals surface area contributed by atoms with E-state index in [0.29, 0.717) is 52.1 Å². The van der Waals surface area contributed by atoms with Gasteiger partial charge in [0.05, 0.1) is 17.1 Å². The summed E-state index contributed by atoms with van der Waals surface area (Å²) < 4.78 is 18.7. The molecule has 1 aromatic heterocycles. The van der Waals surface area contributed by atoms with Crippen molar-refractivity contribution in [3.8, 4) is 17.6 Å². The molecule has 5 aliphatic rings. The van der Waals surface area contributed by atoms with Crippen LogP contribution in [0.5, 0.6) is 11.5 Å². The number of halogens is 1. The summed E-state index contributed by atoms with van der Waals surface area (Å²) in [6.45, 7) is 13.4. The summed E-state index contributed by atoms with van der Waals surface area (Å²) in [7, 11) is 0. The van der Waals surface area contributed by atoms with E-state index in [-0.39, 0.29) is 53.2 Å². The highest BCUT2D eigenvalue weighted by Gasteiger charge is 2.64. The van der Waals surface area contributed by atoms with Crippen molar-refractivity contribution in [1.29, 1.82) is 5.26 Å². The van der Waals surface area contributed by atoms with Crippen molar-refractivity contribution in [2.24, 2.45) is 16.7 Å². The zero-order chi connectivity index (χ0) is 42.8. The molecule has 61 heavy (non-hydrogen) atoms. The zero-order valence-electron chi connectivity index (χ0n) is 35.0. The van der Waals surface area contributed by atoms with Crippen LogP contribution in [0.25, 0.3) is 11.0 Å². The van der Waals surface area contributed by atoms with Gasteiger partial charge in [0.1, 0.15) is 41.4 Å². The van der Waals surface area contributed by atoms with E-state index in [4.69, 9.17) is 25.5 Å². The smallest absolute Gasteiger partial charge is 0.290 e. The van der Waals surface area contributed by atoms with Gasteiger partial charge in [0.15, 0.2) is 5.76 Å². The molecule has 0 spiro atoms. The minimum absolute atomic E-state index is 0.120. The number of amides is 4. The number of furan rings is 1. The molecular formula is C47H51ClN6O7. The minimum Gasteiger partial charge on any atom is -0.489 e. The van der Waals surface area contributed by atoms with Gasteiger partial charge in [0, 0.05) is 83.8 Å². The van der Waals surface area contributed by atoms with Crippen molar-refractivity contribution in [1.82, 2.24) is 20.4 Å². The first-order valence-electron chi connectivity index (χ1n) is 21.3. The number of piperidine rings is 2. The van der Waals surface area contributed by atoms with Crippen molar-refractivity contribution in [2.75, 3.05) is 37.6 Å². The first-order chi connectivity index (χ1) is 29.2. The van der Waals surface area contributed by atoms with Crippen molar-refractivity contribution in [2.45, 2.75) is 90.6 Å². The van der Waals surface area contributed by atoms with Crippen molar-refractivity contribution >= 4 is 51.9 Å². The molecule has 13 nitrogen and oxygen atoms in total. The molecule has 1 atom stereocenters. The molecule has 9 rings (SSSR count). The molecule has 0 bridgehead atoms. The number of ether oxygens (including phenoxy) is 2. The van der Waals surface area contributed by atoms with Gasteiger partial charge in [-0.1, -0.05) is 39.3 Å². The number of likely N-dealkylation sites (tertiary alicyclic amines) is 1. The van der Waals surface area contributed by atoms with E-state index in [1.54, 1.807) is 18.2 Å². The normalized spacial score (nSPS) is 23.8. The lowest BCUT2D eigenvalue weighted by Crippen LogP contribution is -2.74. The van der Waals surface area contributed by atoms with E-state index in [1.165, 1.54) is 4.90 Å². The molecule has 5 heterocycles. The first-order valence-corrected chi connectivity index (χ1v) is 21.7. The molecule has 1 aliphatic carbocycles. The van der Waals surface area contributed by atoms with E-state index in [1.807, 2.05) is 36.4 Å². The SMILES string of the molecule is CC1(C)C(NC(=O)c2ccc(OC3CN(CCC4CCN(c5ccc6c7c(oc6c5)C(=O)N(C5CCC(=O)NC5=O)C7)CC4)C3)cc2)C(C)(C)C1Oc1ccc(C#N)c(Cl)c1. The Kier molecular flexibility index (Phi) is 10.5. The van der Waals surface area contributed by atoms with Gasteiger partial charge in [-0.05, 0) is 86.7 Å². The Morgan fingerprint density at radius 3 is 2.36 bits per heavy atom. The Labute approximate surface area is 360 Å². The molecule has 4 amide bonds. The van der Waals surface area contributed by atoms with Crippen molar-refractivity contribution < 1.29 is 33.1 Å². The maximum atomic E-state index is 13.4. The second-order valence-electron chi connectivity index (χ2n) is 18.5. The van der Waals surface area contributed by atoms with Crippen LogP contribution in [-0.2, 0) is 16.1 Å². The second kappa shape index (κ2) is 15.7.